The molecule has 28 heavy (non-hydrogen) atoms. The van der Waals surface area contributed by atoms with Crippen molar-refractivity contribution >= 4 is 29.6 Å². The first-order chi connectivity index (χ1) is 13.1. The third-order valence-corrected chi connectivity index (χ3v) is 5.26. The molecule has 0 aromatic carbocycles. The number of amides is 4. The molecule has 0 bridgehead atoms. The van der Waals surface area contributed by atoms with Gasteiger partial charge in [-0.05, 0) is 39.5 Å². The zero-order valence-electron chi connectivity index (χ0n) is 16.4. The van der Waals surface area contributed by atoms with Gasteiger partial charge in [0.05, 0.1) is 0 Å². The normalized spacial score (nSPS) is 23.8. The molecule has 10 nitrogen and oxygen atoms in total. The molecular formula is C18H28N4O6. The van der Waals surface area contributed by atoms with Crippen molar-refractivity contribution in [2.45, 2.75) is 70.6 Å². The van der Waals surface area contributed by atoms with Crippen LogP contribution in [0.2, 0.25) is 0 Å². The Balaban J connectivity index is 1.97. The molecular weight excluding hydrogens is 368 g/mol. The summed E-state index contributed by atoms with van der Waals surface area (Å²) in [6.45, 7) is 5.19. The lowest BCUT2D eigenvalue weighted by Gasteiger charge is -2.29. The maximum Gasteiger partial charge on any atom is 0.325 e. The largest absolute Gasteiger partial charge is 0.480 e. The lowest BCUT2D eigenvalue weighted by molar-refractivity contribution is -0.144. The van der Waals surface area contributed by atoms with Crippen LogP contribution in [0.5, 0.6) is 0 Å². The predicted octanol–water partition coefficient (Wildman–Crippen LogP) is -0.918. The van der Waals surface area contributed by atoms with Crippen molar-refractivity contribution in [1.29, 1.82) is 0 Å². The quantitative estimate of drug-likeness (QED) is 0.531. The highest BCUT2D eigenvalue weighted by molar-refractivity contribution is 5.95. The van der Waals surface area contributed by atoms with E-state index in [4.69, 9.17) is 5.11 Å². The van der Waals surface area contributed by atoms with Crippen molar-refractivity contribution in [3.63, 3.8) is 0 Å². The average molecular weight is 396 g/mol. The number of carbonyl (C=O) groups excluding carboxylic acids is 4. The summed E-state index contributed by atoms with van der Waals surface area (Å²) in [5.41, 5.74) is 0. The van der Waals surface area contributed by atoms with Gasteiger partial charge in [0.2, 0.25) is 23.6 Å². The van der Waals surface area contributed by atoms with E-state index < -0.39 is 42.0 Å². The molecule has 4 atom stereocenters. The smallest absolute Gasteiger partial charge is 0.325 e. The van der Waals surface area contributed by atoms with Gasteiger partial charge in [0.15, 0.2) is 0 Å². The molecule has 0 aliphatic carbocycles. The van der Waals surface area contributed by atoms with E-state index >= 15 is 0 Å². The molecule has 0 spiro atoms. The monoisotopic (exact) mass is 396 g/mol. The van der Waals surface area contributed by atoms with Crippen molar-refractivity contribution in [2.24, 2.45) is 0 Å². The highest BCUT2D eigenvalue weighted by Crippen LogP contribution is 2.20. The maximum absolute atomic E-state index is 12.8. The molecule has 2 rings (SSSR count). The number of hydrogen-bond donors (Lipinski definition) is 3. The van der Waals surface area contributed by atoms with E-state index in [9.17, 15) is 24.0 Å². The van der Waals surface area contributed by atoms with Gasteiger partial charge < -0.3 is 25.5 Å². The van der Waals surface area contributed by atoms with Crippen LogP contribution in [0.1, 0.15) is 46.5 Å². The topological polar surface area (TPSA) is 136 Å². The van der Waals surface area contributed by atoms with Crippen molar-refractivity contribution < 1.29 is 29.1 Å². The SMILES string of the molecule is CC(=O)N1CCC[C@H]1C(=O)N[C@@H](C)C(=O)N1CCC[C@H]1C(=O)N[C@@H](C)C(=O)O. The Kier molecular flexibility index (Phi) is 6.98. The Morgan fingerprint density at radius 2 is 1.32 bits per heavy atom. The van der Waals surface area contributed by atoms with E-state index in [1.807, 2.05) is 0 Å². The summed E-state index contributed by atoms with van der Waals surface area (Å²) in [5, 5.41) is 14.0. The first-order valence-corrected chi connectivity index (χ1v) is 9.54. The molecule has 0 aromatic rings. The molecule has 3 N–H and O–H groups in total. The fraction of sp³-hybridized carbons (Fsp3) is 0.722. The molecule has 0 aromatic heterocycles. The lowest BCUT2D eigenvalue weighted by Crippen LogP contribution is -2.56. The summed E-state index contributed by atoms with van der Waals surface area (Å²) in [6, 6.07) is -3.25. The van der Waals surface area contributed by atoms with Crippen molar-refractivity contribution in [2.75, 3.05) is 13.1 Å². The number of carbonyl (C=O) groups is 5. The molecule has 156 valence electrons. The van der Waals surface area contributed by atoms with Crippen LogP contribution in [0.15, 0.2) is 0 Å². The zero-order chi connectivity index (χ0) is 21.0. The Hall–Kier alpha value is -2.65. The number of aliphatic carboxylic acids is 1. The molecule has 4 amide bonds. The number of carboxylic acid groups (broad SMARTS) is 1. The third-order valence-electron chi connectivity index (χ3n) is 5.26. The number of nitrogens with zero attached hydrogens (tertiary/aromatic N) is 2. The fourth-order valence-corrected chi connectivity index (χ4v) is 3.71. The van der Waals surface area contributed by atoms with Crippen LogP contribution in [-0.2, 0) is 24.0 Å². The molecule has 2 fully saturated rings. The first kappa shape index (κ1) is 21.6. The number of nitrogens with one attached hydrogen (secondary N) is 2. The third kappa shape index (κ3) is 4.79. The Morgan fingerprint density at radius 3 is 1.82 bits per heavy atom. The van der Waals surface area contributed by atoms with Crippen molar-refractivity contribution in [3.05, 3.63) is 0 Å². The second-order valence-electron chi connectivity index (χ2n) is 7.36. The van der Waals surface area contributed by atoms with Crippen LogP contribution in [0.3, 0.4) is 0 Å². The minimum absolute atomic E-state index is 0.180. The molecule has 10 heteroatoms. The van der Waals surface area contributed by atoms with Crippen LogP contribution in [-0.4, -0.2) is 81.8 Å². The molecule has 0 radical (unpaired) electrons. The highest BCUT2D eigenvalue weighted by atomic mass is 16.4. The number of likely N-dealkylation sites (tertiary alicyclic amines) is 2. The van der Waals surface area contributed by atoms with Gasteiger partial charge in [-0.3, -0.25) is 24.0 Å². The van der Waals surface area contributed by atoms with E-state index in [0.29, 0.717) is 32.4 Å². The van der Waals surface area contributed by atoms with E-state index in [1.165, 1.54) is 23.6 Å². The van der Waals surface area contributed by atoms with Gasteiger partial charge in [-0.25, -0.2) is 0 Å². The maximum atomic E-state index is 12.8. The summed E-state index contributed by atoms with van der Waals surface area (Å²) in [6.07, 6.45) is 2.34. The Labute approximate surface area is 163 Å². The van der Waals surface area contributed by atoms with Gasteiger partial charge in [0, 0.05) is 20.0 Å². The van der Waals surface area contributed by atoms with Gasteiger partial charge in [-0.2, -0.15) is 0 Å². The zero-order valence-corrected chi connectivity index (χ0v) is 16.4. The summed E-state index contributed by atoms with van der Waals surface area (Å²) >= 11 is 0. The first-order valence-electron chi connectivity index (χ1n) is 9.54. The number of rotatable bonds is 6. The molecule has 0 saturated carbocycles. The van der Waals surface area contributed by atoms with Gasteiger partial charge in [-0.1, -0.05) is 0 Å². The number of hydrogen-bond acceptors (Lipinski definition) is 5. The Morgan fingerprint density at radius 1 is 0.857 bits per heavy atom. The standard InChI is InChI=1S/C18H28N4O6/c1-10(19-15(24)13-6-4-8-21(13)12(3)23)17(26)22-9-5-7-14(22)16(25)20-11(2)18(27)28/h10-11,13-14H,4-9H2,1-3H3,(H,19,24)(H,20,25)(H,27,28)/t10-,11-,13-,14-/m0/s1. The average Bonchev–Trinajstić information content (AvgIpc) is 3.29. The summed E-state index contributed by atoms with van der Waals surface area (Å²) < 4.78 is 0. The van der Waals surface area contributed by atoms with Crippen LogP contribution in [0.4, 0.5) is 0 Å². The number of carboxylic acids is 1. The molecule has 2 aliphatic rings. The van der Waals surface area contributed by atoms with E-state index in [0.717, 1.165) is 6.42 Å². The highest BCUT2D eigenvalue weighted by Gasteiger charge is 2.38. The molecule has 0 unspecified atom stereocenters. The van der Waals surface area contributed by atoms with Gasteiger partial charge >= 0.3 is 5.97 Å². The predicted molar refractivity (Wildman–Crippen MR) is 98.0 cm³/mol. The minimum atomic E-state index is -1.16. The van der Waals surface area contributed by atoms with Crippen molar-refractivity contribution in [1.82, 2.24) is 20.4 Å². The van der Waals surface area contributed by atoms with Crippen LogP contribution in [0, 0.1) is 0 Å². The second-order valence-corrected chi connectivity index (χ2v) is 7.36. The fourth-order valence-electron chi connectivity index (χ4n) is 3.71. The van der Waals surface area contributed by atoms with E-state index in [2.05, 4.69) is 10.6 Å². The van der Waals surface area contributed by atoms with Gasteiger partial charge in [0.25, 0.3) is 0 Å². The van der Waals surface area contributed by atoms with Gasteiger partial charge in [-0.15, -0.1) is 0 Å². The van der Waals surface area contributed by atoms with Crippen LogP contribution >= 0.6 is 0 Å². The van der Waals surface area contributed by atoms with Crippen LogP contribution in [0.25, 0.3) is 0 Å². The van der Waals surface area contributed by atoms with Crippen LogP contribution < -0.4 is 10.6 Å². The van der Waals surface area contributed by atoms with E-state index in [-0.39, 0.29) is 11.8 Å². The molecule has 2 aliphatic heterocycles. The molecule has 2 heterocycles. The summed E-state index contributed by atoms with van der Waals surface area (Å²) in [4.78, 5) is 63.1. The second kappa shape index (κ2) is 9.03. The van der Waals surface area contributed by atoms with E-state index in [1.54, 1.807) is 6.92 Å². The summed E-state index contributed by atoms with van der Waals surface area (Å²) in [5.74, 6) is -2.63. The van der Waals surface area contributed by atoms with Crippen molar-refractivity contribution in [3.8, 4) is 0 Å². The minimum Gasteiger partial charge on any atom is -0.480 e. The van der Waals surface area contributed by atoms with Gasteiger partial charge in [0.1, 0.15) is 24.2 Å². The lowest BCUT2D eigenvalue weighted by atomic mass is 10.1. The Bertz CT molecular complexity index is 666. The summed E-state index contributed by atoms with van der Waals surface area (Å²) in [7, 11) is 0. The molecule has 2 saturated heterocycles.